The minimum Gasteiger partial charge on any atom is -0.396 e. The number of carbonyl (C=O) groups is 2. The maximum Gasteiger partial charge on any atom is 0.313 e. The topological polar surface area (TPSA) is 69.6 Å². The van der Waals surface area contributed by atoms with Crippen molar-refractivity contribution in [2.75, 3.05) is 25.0 Å². The molecule has 0 atom stereocenters. The molecule has 2 N–H and O–H groups in total. The average Bonchev–Trinajstić information content (AvgIpc) is 2.56. The summed E-state index contributed by atoms with van der Waals surface area (Å²) in [7, 11) is 0. The summed E-state index contributed by atoms with van der Waals surface area (Å²) in [6, 6.07) is 3.81. The Morgan fingerprint density at radius 3 is 2.57 bits per heavy atom. The van der Waals surface area contributed by atoms with Crippen LogP contribution in [0, 0.1) is 11.2 Å². The normalized spacial score (nSPS) is 17.0. The van der Waals surface area contributed by atoms with Crippen LogP contribution in [0.5, 0.6) is 0 Å². The van der Waals surface area contributed by atoms with Crippen LogP contribution in [0.2, 0.25) is 5.02 Å². The molecular weight excluding hydrogens is 323 g/mol. The first-order valence-corrected chi connectivity index (χ1v) is 7.95. The Labute approximate surface area is 139 Å². The van der Waals surface area contributed by atoms with Crippen LogP contribution in [0.4, 0.5) is 10.1 Å². The van der Waals surface area contributed by atoms with Crippen molar-refractivity contribution in [3.8, 4) is 0 Å². The van der Waals surface area contributed by atoms with Crippen molar-refractivity contribution in [2.45, 2.75) is 26.2 Å². The van der Waals surface area contributed by atoms with E-state index in [4.69, 9.17) is 11.6 Å². The SMILES string of the molecule is CCC1(CO)CCN(C(=O)C(=O)Nc2ccc(Cl)cc2F)CC1. The standard InChI is InChI=1S/C16H20ClFN2O3/c1-2-16(10-21)5-7-20(8-6-16)15(23)14(22)19-13-4-3-11(17)9-12(13)18/h3-4,9,21H,2,5-8,10H2,1H3,(H,19,22). The van der Waals surface area contributed by atoms with Crippen LogP contribution in [0.25, 0.3) is 0 Å². The molecule has 1 aliphatic rings. The van der Waals surface area contributed by atoms with E-state index in [2.05, 4.69) is 5.32 Å². The summed E-state index contributed by atoms with van der Waals surface area (Å²) < 4.78 is 13.7. The van der Waals surface area contributed by atoms with Crippen LogP contribution in [-0.4, -0.2) is 41.5 Å². The van der Waals surface area contributed by atoms with Crippen LogP contribution in [0.3, 0.4) is 0 Å². The van der Waals surface area contributed by atoms with Crippen molar-refractivity contribution in [1.29, 1.82) is 0 Å². The summed E-state index contributed by atoms with van der Waals surface area (Å²) in [6.45, 7) is 2.89. The quantitative estimate of drug-likeness (QED) is 0.829. The van der Waals surface area contributed by atoms with Crippen LogP contribution in [-0.2, 0) is 9.59 Å². The molecule has 0 aromatic heterocycles. The lowest BCUT2D eigenvalue weighted by Gasteiger charge is -2.39. The van der Waals surface area contributed by atoms with E-state index in [1.807, 2.05) is 6.92 Å². The lowest BCUT2D eigenvalue weighted by atomic mass is 9.77. The van der Waals surface area contributed by atoms with E-state index in [-0.39, 0.29) is 22.7 Å². The molecule has 23 heavy (non-hydrogen) atoms. The van der Waals surface area contributed by atoms with Gasteiger partial charge in [-0.05, 0) is 42.9 Å². The smallest absolute Gasteiger partial charge is 0.313 e. The number of likely N-dealkylation sites (tertiary alicyclic amines) is 1. The third kappa shape index (κ3) is 4.00. The van der Waals surface area contributed by atoms with Crippen LogP contribution >= 0.6 is 11.6 Å². The molecule has 0 unspecified atom stereocenters. The summed E-state index contributed by atoms with van der Waals surface area (Å²) in [6.07, 6.45) is 2.12. The van der Waals surface area contributed by atoms with E-state index in [1.165, 1.54) is 17.0 Å². The molecule has 7 heteroatoms. The third-order valence-electron chi connectivity index (χ3n) is 4.57. The number of aliphatic hydroxyl groups excluding tert-OH is 1. The van der Waals surface area contributed by atoms with Crippen molar-refractivity contribution in [3.63, 3.8) is 0 Å². The molecule has 2 rings (SSSR count). The number of piperidine rings is 1. The minimum atomic E-state index is -0.876. The molecule has 1 aliphatic heterocycles. The molecule has 1 saturated heterocycles. The molecule has 0 aliphatic carbocycles. The molecule has 0 bridgehead atoms. The van der Waals surface area contributed by atoms with Gasteiger partial charge in [0.25, 0.3) is 0 Å². The molecular formula is C16H20ClFN2O3. The largest absolute Gasteiger partial charge is 0.396 e. The highest BCUT2D eigenvalue weighted by Gasteiger charge is 2.35. The summed E-state index contributed by atoms with van der Waals surface area (Å²) >= 11 is 5.64. The highest BCUT2D eigenvalue weighted by atomic mass is 35.5. The molecule has 1 aromatic rings. The lowest BCUT2D eigenvalue weighted by molar-refractivity contribution is -0.145. The summed E-state index contributed by atoms with van der Waals surface area (Å²) in [5, 5.41) is 12.0. The van der Waals surface area contributed by atoms with Gasteiger partial charge in [0, 0.05) is 24.7 Å². The van der Waals surface area contributed by atoms with Gasteiger partial charge in [-0.1, -0.05) is 18.5 Å². The number of rotatable bonds is 3. The van der Waals surface area contributed by atoms with Gasteiger partial charge in [0.05, 0.1) is 5.69 Å². The zero-order chi connectivity index (χ0) is 17.0. The number of hydrogen-bond donors (Lipinski definition) is 2. The number of carbonyl (C=O) groups excluding carboxylic acids is 2. The van der Waals surface area contributed by atoms with Gasteiger partial charge in [-0.2, -0.15) is 0 Å². The monoisotopic (exact) mass is 342 g/mol. The van der Waals surface area contributed by atoms with Gasteiger partial charge in [0.15, 0.2) is 0 Å². The number of halogens is 2. The summed E-state index contributed by atoms with van der Waals surface area (Å²) in [4.78, 5) is 25.6. The fraction of sp³-hybridized carbons (Fsp3) is 0.500. The number of amides is 2. The Balaban J connectivity index is 1.97. The number of benzene rings is 1. The van der Waals surface area contributed by atoms with E-state index in [0.717, 1.165) is 12.5 Å². The fourth-order valence-electron chi connectivity index (χ4n) is 2.72. The highest BCUT2D eigenvalue weighted by Crippen LogP contribution is 2.34. The van der Waals surface area contributed by atoms with Crippen LogP contribution < -0.4 is 5.32 Å². The first-order chi connectivity index (χ1) is 10.9. The fourth-order valence-corrected chi connectivity index (χ4v) is 2.88. The Bertz CT molecular complexity index is 595. The van der Waals surface area contributed by atoms with Gasteiger partial charge in [0.1, 0.15) is 5.82 Å². The molecule has 5 nitrogen and oxygen atoms in total. The Morgan fingerprint density at radius 1 is 1.39 bits per heavy atom. The molecule has 126 valence electrons. The molecule has 0 radical (unpaired) electrons. The highest BCUT2D eigenvalue weighted by molar-refractivity contribution is 6.39. The van der Waals surface area contributed by atoms with Gasteiger partial charge in [0.2, 0.25) is 0 Å². The van der Waals surface area contributed by atoms with Gasteiger partial charge >= 0.3 is 11.8 Å². The first-order valence-electron chi connectivity index (χ1n) is 7.57. The van der Waals surface area contributed by atoms with Gasteiger partial charge in [-0.15, -0.1) is 0 Å². The third-order valence-corrected chi connectivity index (χ3v) is 4.81. The molecule has 0 saturated carbocycles. The van der Waals surface area contributed by atoms with Crippen molar-refractivity contribution in [1.82, 2.24) is 4.90 Å². The Morgan fingerprint density at radius 2 is 2.04 bits per heavy atom. The second kappa shape index (κ2) is 7.27. The van der Waals surface area contributed by atoms with Crippen LogP contribution in [0.1, 0.15) is 26.2 Å². The summed E-state index contributed by atoms with van der Waals surface area (Å²) in [5.74, 6) is -2.26. The zero-order valence-electron chi connectivity index (χ0n) is 12.9. The predicted octanol–water partition coefficient (Wildman–Crippen LogP) is 2.43. The van der Waals surface area contributed by atoms with Crippen molar-refractivity contribution in [2.24, 2.45) is 5.41 Å². The molecule has 1 aromatic carbocycles. The first kappa shape index (κ1) is 17.7. The number of hydrogen-bond acceptors (Lipinski definition) is 3. The number of aliphatic hydroxyl groups is 1. The predicted molar refractivity (Wildman–Crippen MR) is 85.7 cm³/mol. The Kier molecular flexibility index (Phi) is 5.59. The van der Waals surface area contributed by atoms with Crippen LogP contribution in [0.15, 0.2) is 18.2 Å². The van der Waals surface area contributed by atoms with Crippen molar-refractivity contribution < 1.29 is 19.1 Å². The maximum atomic E-state index is 13.7. The second-order valence-corrected chi connectivity index (χ2v) is 6.32. The number of nitrogens with zero attached hydrogens (tertiary/aromatic N) is 1. The maximum absolute atomic E-state index is 13.7. The van der Waals surface area contributed by atoms with Gasteiger partial charge in [-0.3, -0.25) is 9.59 Å². The zero-order valence-corrected chi connectivity index (χ0v) is 13.7. The lowest BCUT2D eigenvalue weighted by Crippen LogP contribution is -2.48. The second-order valence-electron chi connectivity index (χ2n) is 5.88. The van der Waals surface area contributed by atoms with E-state index < -0.39 is 17.6 Å². The van der Waals surface area contributed by atoms with E-state index in [9.17, 15) is 19.1 Å². The van der Waals surface area contributed by atoms with Crippen molar-refractivity contribution >= 4 is 29.1 Å². The van der Waals surface area contributed by atoms with E-state index >= 15 is 0 Å². The number of anilines is 1. The van der Waals surface area contributed by atoms with E-state index in [0.29, 0.717) is 25.9 Å². The number of nitrogens with one attached hydrogen (secondary N) is 1. The van der Waals surface area contributed by atoms with Gasteiger partial charge < -0.3 is 15.3 Å². The van der Waals surface area contributed by atoms with E-state index in [1.54, 1.807) is 0 Å². The molecule has 1 fully saturated rings. The molecule has 1 heterocycles. The molecule has 2 amide bonds. The molecule has 0 spiro atoms. The van der Waals surface area contributed by atoms with Crippen molar-refractivity contribution in [3.05, 3.63) is 29.0 Å². The summed E-state index contributed by atoms with van der Waals surface area (Å²) in [5.41, 5.74) is -0.252. The Hall–Kier alpha value is -1.66. The minimum absolute atomic E-state index is 0.0771. The average molecular weight is 343 g/mol. The van der Waals surface area contributed by atoms with Gasteiger partial charge in [-0.25, -0.2) is 4.39 Å².